The number of hydrogen-bond acceptors (Lipinski definition) is 4. The fraction of sp³-hybridized carbons (Fsp3) is 0.222. The molecule has 0 radical (unpaired) electrons. The molecule has 24 heavy (non-hydrogen) atoms. The highest BCUT2D eigenvalue weighted by atomic mass is 32.1. The summed E-state index contributed by atoms with van der Waals surface area (Å²) >= 11 is 5.24. The quantitative estimate of drug-likeness (QED) is 0.493. The zero-order valence-electron chi connectivity index (χ0n) is 14.2. The summed E-state index contributed by atoms with van der Waals surface area (Å²) in [6.45, 7) is 4.11. The van der Waals surface area contributed by atoms with Gasteiger partial charge >= 0.3 is 0 Å². The summed E-state index contributed by atoms with van der Waals surface area (Å²) in [7, 11) is 3.19. The van der Waals surface area contributed by atoms with Crippen molar-refractivity contribution < 1.29 is 9.47 Å². The van der Waals surface area contributed by atoms with Gasteiger partial charge in [-0.25, -0.2) is 0 Å². The zero-order valence-corrected chi connectivity index (χ0v) is 15.0. The average molecular weight is 343 g/mol. The van der Waals surface area contributed by atoms with E-state index >= 15 is 0 Å². The molecule has 0 heterocycles. The second-order valence-electron chi connectivity index (χ2n) is 5.25. The summed E-state index contributed by atoms with van der Waals surface area (Å²) in [6, 6.07) is 11.7. The van der Waals surface area contributed by atoms with Gasteiger partial charge in [0.15, 0.2) is 16.6 Å². The van der Waals surface area contributed by atoms with Gasteiger partial charge in [0.25, 0.3) is 0 Å². The molecule has 0 atom stereocenters. The van der Waals surface area contributed by atoms with Crippen LogP contribution in [0.15, 0.2) is 41.5 Å². The average Bonchev–Trinajstić information content (AvgIpc) is 2.56. The van der Waals surface area contributed by atoms with Crippen LogP contribution >= 0.6 is 12.2 Å². The number of rotatable bonds is 5. The van der Waals surface area contributed by atoms with Crippen LogP contribution in [0.3, 0.4) is 0 Å². The van der Waals surface area contributed by atoms with Crippen LogP contribution in [0.4, 0.5) is 5.69 Å². The second-order valence-corrected chi connectivity index (χ2v) is 5.66. The first-order chi connectivity index (χ1) is 11.5. The number of hydrogen-bond donors (Lipinski definition) is 2. The smallest absolute Gasteiger partial charge is 0.191 e. The highest BCUT2D eigenvalue weighted by Crippen LogP contribution is 2.29. The van der Waals surface area contributed by atoms with Crippen LogP contribution in [0.1, 0.15) is 16.7 Å². The van der Waals surface area contributed by atoms with Crippen LogP contribution in [0.5, 0.6) is 11.5 Å². The largest absolute Gasteiger partial charge is 0.493 e. The predicted octanol–water partition coefficient (Wildman–Crippen LogP) is 3.64. The van der Waals surface area contributed by atoms with Gasteiger partial charge < -0.3 is 14.8 Å². The van der Waals surface area contributed by atoms with Crippen molar-refractivity contribution >= 4 is 29.2 Å². The molecule has 2 N–H and O–H groups in total. The number of methoxy groups -OCH3 is 2. The van der Waals surface area contributed by atoms with Crippen molar-refractivity contribution in [1.29, 1.82) is 0 Å². The Kier molecular flexibility index (Phi) is 6.14. The normalized spacial score (nSPS) is 10.5. The number of aryl methyl sites for hydroxylation is 2. The van der Waals surface area contributed by atoms with E-state index in [0.29, 0.717) is 16.6 Å². The Morgan fingerprint density at radius 2 is 1.79 bits per heavy atom. The van der Waals surface area contributed by atoms with Crippen molar-refractivity contribution in [3.63, 3.8) is 0 Å². The lowest BCUT2D eigenvalue weighted by Gasteiger charge is -2.11. The predicted molar refractivity (Wildman–Crippen MR) is 102 cm³/mol. The second kappa shape index (κ2) is 8.31. The molecule has 0 unspecified atom stereocenters. The van der Waals surface area contributed by atoms with Crippen molar-refractivity contribution in [2.24, 2.45) is 5.10 Å². The fourth-order valence-electron chi connectivity index (χ4n) is 2.20. The van der Waals surface area contributed by atoms with Crippen LogP contribution in [-0.4, -0.2) is 25.5 Å². The highest BCUT2D eigenvalue weighted by Gasteiger charge is 2.05. The minimum atomic E-state index is 0.392. The SMILES string of the molecule is COc1ccc(NC(=S)NN=Cc2ccc(C)cc2C)cc1OC. The highest BCUT2D eigenvalue weighted by molar-refractivity contribution is 7.80. The van der Waals surface area contributed by atoms with Crippen LogP contribution in [0, 0.1) is 13.8 Å². The summed E-state index contributed by atoms with van der Waals surface area (Å²) in [5, 5.41) is 7.61. The third kappa shape index (κ3) is 4.70. The number of benzene rings is 2. The Bertz CT molecular complexity index is 760. The minimum absolute atomic E-state index is 0.392. The van der Waals surface area contributed by atoms with Gasteiger partial charge in [0.05, 0.1) is 20.4 Å². The van der Waals surface area contributed by atoms with Crippen LogP contribution in [-0.2, 0) is 0 Å². The van der Waals surface area contributed by atoms with Crippen LogP contribution < -0.4 is 20.2 Å². The molecular formula is C18H21N3O2S. The molecule has 0 aliphatic heterocycles. The summed E-state index contributed by atoms with van der Waals surface area (Å²) in [6.07, 6.45) is 1.75. The number of thiocarbonyl (C=S) groups is 1. The Labute approximate surface area is 147 Å². The first kappa shape index (κ1) is 17.7. The number of ether oxygens (including phenoxy) is 2. The van der Waals surface area contributed by atoms with Crippen LogP contribution in [0.2, 0.25) is 0 Å². The molecule has 2 rings (SSSR count). The van der Waals surface area contributed by atoms with Gasteiger partial charge in [0, 0.05) is 11.8 Å². The third-order valence-corrected chi connectivity index (χ3v) is 3.63. The molecule has 5 nitrogen and oxygen atoms in total. The van der Waals surface area contributed by atoms with Gasteiger partial charge in [-0.2, -0.15) is 5.10 Å². The molecule has 0 amide bonds. The minimum Gasteiger partial charge on any atom is -0.493 e. The Hall–Kier alpha value is -2.60. The van der Waals surface area contributed by atoms with E-state index in [9.17, 15) is 0 Å². The maximum Gasteiger partial charge on any atom is 0.191 e. The first-order valence-electron chi connectivity index (χ1n) is 7.43. The summed E-state index contributed by atoms with van der Waals surface area (Å²) in [5.41, 5.74) is 7.02. The molecule has 0 spiro atoms. The Morgan fingerprint density at radius 1 is 1.04 bits per heavy atom. The molecule has 0 bridgehead atoms. The maximum atomic E-state index is 5.26. The molecule has 126 valence electrons. The molecular weight excluding hydrogens is 322 g/mol. The molecule has 0 aliphatic carbocycles. The fourth-order valence-corrected chi connectivity index (χ4v) is 2.37. The Balaban J connectivity index is 1.97. The maximum absolute atomic E-state index is 5.26. The topological polar surface area (TPSA) is 54.9 Å². The van der Waals surface area contributed by atoms with Gasteiger partial charge in [-0.05, 0) is 49.3 Å². The van der Waals surface area contributed by atoms with Crippen LogP contribution in [0.25, 0.3) is 0 Å². The van der Waals surface area contributed by atoms with E-state index in [0.717, 1.165) is 11.3 Å². The molecule has 2 aromatic rings. The number of nitrogens with one attached hydrogen (secondary N) is 2. The van der Waals surface area contributed by atoms with E-state index in [1.165, 1.54) is 11.1 Å². The van der Waals surface area contributed by atoms with Crippen molar-refractivity contribution in [2.45, 2.75) is 13.8 Å². The van der Waals surface area contributed by atoms with Crippen molar-refractivity contribution in [2.75, 3.05) is 19.5 Å². The molecule has 0 aromatic heterocycles. The van der Waals surface area contributed by atoms with Gasteiger partial charge in [-0.3, -0.25) is 5.43 Å². The first-order valence-corrected chi connectivity index (χ1v) is 7.83. The molecule has 0 aliphatic rings. The number of anilines is 1. The monoisotopic (exact) mass is 343 g/mol. The molecule has 0 saturated heterocycles. The van der Waals surface area contributed by atoms with E-state index in [4.69, 9.17) is 21.7 Å². The number of hydrazone groups is 1. The Morgan fingerprint density at radius 3 is 2.46 bits per heavy atom. The van der Waals surface area contributed by atoms with Gasteiger partial charge in [0.1, 0.15) is 0 Å². The molecule has 0 saturated carbocycles. The zero-order chi connectivity index (χ0) is 17.5. The van der Waals surface area contributed by atoms with E-state index in [-0.39, 0.29) is 0 Å². The third-order valence-electron chi connectivity index (χ3n) is 3.44. The van der Waals surface area contributed by atoms with Crippen molar-refractivity contribution in [1.82, 2.24) is 5.43 Å². The lowest BCUT2D eigenvalue weighted by atomic mass is 10.1. The van der Waals surface area contributed by atoms with Gasteiger partial charge in [-0.1, -0.05) is 23.8 Å². The summed E-state index contributed by atoms with van der Waals surface area (Å²) < 4.78 is 10.5. The van der Waals surface area contributed by atoms with E-state index in [1.54, 1.807) is 26.5 Å². The van der Waals surface area contributed by atoms with E-state index in [1.807, 2.05) is 18.2 Å². The summed E-state index contributed by atoms with van der Waals surface area (Å²) in [5.74, 6) is 1.29. The lowest BCUT2D eigenvalue weighted by Crippen LogP contribution is -2.23. The number of nitrogens with zero attached hydrogens (tertiary/aromatic N) is 1. The standard InChI is InChI=1S/C18H21N3O2S/c1-12-5-6-14(13(2)9-12)11-19-21-18(24)20-15-7-8-16(22-3)17(10-15)23-4/h5-11H,1-4H3,(H2,20,21,24). The van der Waals surface area contributed by atoms with Gasteiger partial charge in [-0.15, -0.1) is 0 Å². The lowest BCUT2D eigenvalue weighted by molar-refractivity contribution is 0.355. The van der Waals surface area contributed by atoms with Crippen molar-refractivity contribution in [3.8, 4) is 11.5 Å². The van der Waals surface area contributed by atoms with Gasteiger partial charge in [0.2, 0.25) is 0 Å². The molecule has 2 aromatic carbocycles. The summed E-state index contributed by atoms with van der Waals surface area (Å²) in [4.78, 5) is 0. The molecule has 0 fully saturated rings. The van der Waals surface area contributed by atoms with E-state index < -0.39 is 0 Å². The van der Waals surface area contributed by atoms with Crippen molar-refractivity contribution in [3.05, 3.63) is 53.1 Å². The van der Waals surface area contributed by atoms with E-state index in [2.05, 4.69) is 41.8 Å². The molecule has 6 heteroatoms.